The molecule has 146 valence electrons. The molecule has 0 radical (unpaired) electrons. The monoisotopic (exact) mass is 379 g/mol. The number of anilines is 1. The summed E-state index contributed by atoms with van der Waals surface area (Å²) in [6, 6.07) is 10.2. The van der Waals surface area contributed by atoms with Gasteiger partial charge in [-0.15, -0.1) is 0 Å². The van der Waals surface area contributed by atoms with Crippen molar-refractivity contribution in [1.82, 2.24) is 10.3 Å². The van der Waals surface area contributed by atoms with Crippen molar-refractivity contribution in [3.63, 3.8) is 0 Å². The second-order valence-electron chi connectivity index (χ2n) is 6.73. The van der Waals surface area contributed by atoms with Crippen LogP contribution in [0.5, 0.6) is 5.75 Å². The molecule has 3 rings (SSSR count). The van der Waals surface area contributed by atoms with E-state index in [2.05, 4.69) is 21.7 Å². The summed E-state index contributed by atoms with van der Waals surface area (Å²) < 4.78 is 5.15. The molecule has 1 aromatic carbocycles. The van der Waals surface area contributed by atoms with Gasteiger partial charge in [0.05, 0.1) is 7.11 Å². The third-order valence-electron chi connectivity index (χ3n) is 4.70. The predicted octanol–water partition coefficient (Wildman–Crippen LogP) is 3.96. The summed E-state index contributed by atoms with van der Waals surface area (Å²) in [5, 5.41) is 5.69. The lowest BCUT2D eigenvalue weighted by Crippen LogP contribution is -2.25. The van der Waals surface area contributed by atoms with Crippen LogP contribution in [0.4, 0.5) is 5.69 Å². The Hall–Kier alpha value is -3.15. The van der Waals surface area contributed by atoms with Crippen LogP contribution in [0.15, 0.2) is 54.2 Å². The summed E-state index contributed by atoms with van der Waals surface area (Å²) in [4.78, 5) is 28.9. The molecule has 2 aromatic rings. The van der Waals surface area contributed by atoms with Gasteiger partial charge in [0, 0.05) is 30.1 Å². The van der Waals surface area contributed by atoms with E-state index in [1.165, 1.54) is 30.7 Å². The number of methoxy groups -OCH3 is 1. The average molecular weight is 379 g/mol. The SMILES string of the molecule is COc1cccc(NC(=O)c2cc(C(=O)NCCC3=CCCCC3)ccn2)c1. The van der Waals surface area contributed by atoms with Gasteiger partial charge in [-0.3, -0.25) is 14.6 Å². The number of ether oxygens (including phenoxy) is 1. The second kappa shape index (κ2) is 9.69. The van der Waals surface area contributed by atoms with Crippen LogP contribution >= 0.6 is 0 Å². The number of aromatic nitrogens is 1. The van der Waals surface area contributed by atoms with Crippen LogP contribution in [0.3, 0.4) is 0 Å². The fourth-order valence-electron chi connectivity index (χ4n) is 3.16. The maximum atomic E-state index is 12.5. The normalized spacial score (nSPS) is 13.4. The molecule has 0 aliphatic heterocycles. The van der Waals surface area contributed by atoms with Crippen LogP contribution in [0.25, 0.3) is 0 Å². The fourth-order valence-corrected chi connectivity index (χ4v) is 3.16. The van der Waals surface area contributed by atoms with Crippen molar-refractivity contribution in [3.05, 3.63) is 65.5 Å². The molecule has 6 nitrogen and oxygen atoms in total. The topological polar surface area (TPSA) is 80.3 Å². The van der Waals surface area contributed by atoms with Crippen molar-refractivity contribution < 1.29 is 14.3 Å². The number of nitrogens with one attached hydrogen (secondary N) is 2. The lowest BCUT2D eigenvalue weighted by Gasteiger charge is -2.13. The van der Waals surface area contributed by atoms with Crippen LogP contribution in [0, 0.1) is 0 Å². The Morgan fingerprint density at radius 1 is 1.14 bits per heavy atom. The van der Waals surface area contributed by atoms with Crippen molar-refractivity contribution in [1.29, 1.82) is 0 Å². The molecule has 1 aliphatic carbocycles. The molecule has 2 N–H and O–H groups in total. The molecular weight excluding hydrogens is 354 g/mol. The van der Waals surface area contributed by atoms with Gasteiger partial charge < -0.3 is 15.4 Å². The number of hydrogen-bond acceptors (Lipinski definition) is 4. The first-order valence-electron chi connectivity index (χ1n) is 9.53. The van der Waals surface area contributed by atoms with Crippen LogP contribution in [0.2, 0.25) is 0 Å². The Morgan fingerprint density at radius 2 is 2.04 bits per heavy atom. The molecular formula is C22H25N3O3. The summed E-state index contributed by atoms with van der Waals surface area (Å²) in [5.41, 5.74) is 2.62. The molecule has 1 heterocycles. The zero-order valence-electron chi connectivity index (χ0n) is 16.0. The largest absolute Gasteiger partial charge is 0.497 e. The van der Waals surface area contributed by atoms with E-state index >= 15 is 0 Å². The first-order chi connectivity index (χ1) is 13.7. The molecule has 1 aliphatic rings. The van der Waals surface area contributed by atoms with Gasteiger partial charge in [0.25, 0.3) is 11.8 Å². The van der Waals surface area contributed by atoms with Gasteiger partial charge in [-0.2, -0.15) is 0 Å². The minimum Gasteiger partial charge on any atom is -0.497 e. The summed E-state index contributed by atoms with van der Waals surface area (Å²) in [5.74, 6) is 0.0662. The van der Waals surface area contributed by atoms with Gasteiger partial charge >= 0.3 is 0 Å². The van der Waals surface area contributed by atoms with Gasteiger partial charge in [0.2, 0.25) is 0 Å². The highest BCUT2D eigenvalue weighted by Gasteiger charge is 2.13. The smallest absolute Gasteiger partial charge is 0.274 e. The molecule has 0 spiro atoms. The number of rotatable bonds is 7. The van der Waals surface area contributed by atoms with E-state index < -0.39 is 0 Å². The van der Waals surface area contributed by atoms with Gasteiger partial charge in [0.15, 0.2) is 0 Å². The molecule has 1 aromatic heterocycles. The first kappa shape index (κ1) is 19.6. The number of pyridine rings is 1. The highest BCUT2D eigenvalue weighted by molar-refractivity contribution is 6.04. The highest BCUT2D eigenvalue weighted by Crippen LogP contribution is 2.19. The fraction of sp³-hybridized carbons (Fsp3) is 0.318. The minimum atomic E-state index is -0.379. The van der Waals surface area contributed by atoms with Crippen LogP contribution in [0.1, 0.15) is 53.0 Å². The van der Waals surface area contributed by atoms with Crippen LogP contribution in [-0.4, -0.2) is 30.5 Å². The predicted molar refractivity (Wildman–Crippen MR) is 109 cm³/mol. The van der Waals surface area contributed by atoms with Crippen molar-refractivity contribution >= 4 is 17.5 Å². The number of carbonyl (C=O) groups is 2. The van der Waals surface area contributed by atoms with Crippen molar-refractivity contribution in [2.24, 2.45) is 0 Å². The van der Waals surface area contributed by atoms with E-state index in [1.54, 1.807) is 37.4 Å². The minimum absolute atomic E-state index is 0.186. The summed E-state index contributed by atoms with van der Waals surface area (Å²) in [6.45, 7) is 0.596. The van der Waals surface area contributed by atoms with Crippen molar-refractivity contribution in [3.8, 4) is 5.75 Å². The maximum absolute atomic E-state index is 12.5. The quantitative estimate of drug-likeness (QED) is 0.714. The van der Waals surface area contributed by atoms with E-state index in [1.807, 2.05) is 0 Å². The van der Waals surface area contributed by atoms with Crippen molar-refractivity contribution in [2.45, 2.75) is 32.1 Å². The highest BCUT2D eigenvalue weighted by atomic mass is 16.5. The number of benzene rings is 1. The van der Waals surface area contributed by atoms with E-state index in [9.17, 15) is 9.59 Å². The standard InChI is InChI=1S/C22H25N3O3/c1-28-19-9-5-8-18(15-19)25-22(27)20-14-17(11-13-23-20)21(26)24-12-10-16-6-3-2-4-7-16/h5-6,8-9,11,13-15H,2-4,7,10,12H2,1H3,(H,24,26)(H,25,27). The molecule has 0 atom stereocenters. The molecule has 6 heteroatoms. The summed E-state index contributed by atoms with van der Waals surface area (Å²) in [6.07, 6.45) is 9.38. The van der Waals surface area contributed by atoms with Crippen LogP contribution in [-0.2, 0) is 0 Å². The third kappa shape index (κ3) is 5.42. The molecule has 2 amide bonds. The van der Waals surface area contributed by atoms with Gasteiger partial charge in [-0.05, 0) is 56.4 Å². The summed E-state index contributed by atoms with van der Waals surface area (Å²) in [7, 11) is 1.56. The zero-order chi connectivity index (χ0) is 19.8. The second-order valence-corrected chi connectivity index (χ2v) is 6.73. The number of nitrogens with zero attached hydrogens (tertiary/aromatic N) is 1. The molecule has 28 heavy (non-hydrogen) atoms. The molecule has 0 fully saturated rings. The maximum Gasteiger partial charge on any atom is 0.274 e. The molecule has 0 bridgehead atoms. The molecule has 0 saturated heterocycles. The Labute approximate surface area is 165 Å². The molecule has 0 unspecified atom stereocenters. The van der Waals surface area contributed by atoms with E-state index in [0.29, 0.717) is 23.5 Å². The van der Waals surface area contributed by atoms with Crippen LogP contribution < -0.4 is 15.4 Å². The van der Waals surface area contributed by atoms with Crippen molar-refractivity contribution in [2.75, 3.05) is 19.0 Å². The van der Waals surface area contributed by atoms with E-state index in [-0.39, 0.29) is 17.5 Å². The third-order valence-corrected chi connectivity index (χ3v) is 4.70. The van der Waals surface area contributed by atoms with E-state index in [0.717, 1.165) is 19.3 Å². The number of hydrogen-bond donors (Lipinski definition) is 2. The number of amides is 2. The Balaban J connectivity index is 1.58. The number of carbonyl (C=O) groups excluding carboxylic acids is 2. The Bertz CT molecular complexity index is 877. The lowest BCUT2D eigenvalue weighted by atomic mass is 9.97. The Kier molecular flexibility index (Phi) is 6.78. The van der Waals surface area contributed by atoms with Gasteiger partial charge in [-0.25, -0.2) is 0 Å². The first-order valence-corrected chi connectivity index (χ1v) is 9.53. The molecule has 0 saturated carbocycles. The Morgan fingerprint density at radius 3 is 2.82 bits per heavy atom. The van der Waals surface area contributed by atoms with Gasteiger partial charge in [-0.1, -0.05) is 17.7 Å². The lowest BCUT2D eigenvalue weighted by molar-refractivity contribution is 0.0954. The number of allylic oxidation sites excluding steroid dienone is 1. The van der Waals surface area contributed by atoms with E-state index in [4.69, 9.17) is 4.74 Å². The van der Waals surface area contributed by atoms with Gasteiger partial charge in [0.1, 0.15) is 11.4 Å². The summed E-state index contributed by atoms with van der Waals surface area (Å²) >= 11 is 0. The average Bonchev–Trinajstić information content (AvgIpc) is 2.74. The zero-order valence-corrected chi connectivity index (χ0v) is 16.0.